The van der Waals surface area contributed by atoms with Crippen molar-refractivity contribution in [2.75, 3.05) is 13.1 Å². The van der Waals surface area contributed by atoms with Crippen molar-refractivity contribution in [3.8, 4) is 5.75 Å². The summed E-state index contributed by atoms with van der Waals surface area (Å²) in [7, 11) is 0. The van der Waals surface area contributed by atoms with Gasteiger partial charge in [0.05, 0.1) is 0 Å². The smallest absolute Gasteiger partial charge is 0.407 e. The van der Waals surface area contributed by atoms with Crippen LogP contribution < -0.4 is 5.73 Å². The van der Waals surface area contributed by atoms with Crippen LogP contribution in [0.4, 0.5) is 4.79 Å². The maximum atomic E-state index is 10.9. The van der Waals surface area contributed by atoms with Gasteiger partial charge in [0.25, 0.3) is 0 Å². The van der Waals surface area contributed by atoms with Crippen LogP contribution in [0.15, 0.2) is 48.5 Å². The van der Waals surface area contributed by atoms with Gasteiger partial charge in [-0.1, -0.05) is 45.0 Å². The third-order valence-corrected chi connectivity index (χ3v) is 5.38. The first kappa shape index (κ1) is 23.3. The molecule has 4 N–H and O–H groups in total. The average Bonchev–Trinajstić information content (AvgIpc) is 2.69. The summed E-state index contributed by atoms with van der Waals surface area (Å²) in [5.74, 6) is 0.260. The lowest BCUT2D eigenvalue weighted by Gasteiger charge is -2.30. The zero-order chi connectivity index (χ0) is 22.3. The van der Waals surface area contributed by atoms with Gasteiger partial charge in [-0.2, -0.15) is 0 Å². The quantitative estimate of drug-likeness (QED) is 0.695. The molecule has 0 unspecified atom stereocenters. The summed E-state index contributed by atoms with van der Waals surface area (Å²) >= 11 is 0. The predicted octanol–water partition coefficient (Wildman–Crippen LogP) is 4.41. The fraction of sp³-hybridized carbons (Fsp3) is 0.417. The molecule has 1 aliphatic rings. The van der Waals surface area contributed by atoms with Crippen molar-refractivity contribution in [1.29, 1.82) is 0 Å². The molecule has 0 spiro atoms. The molecule has 1 fully saturated rings. The van der Waals surface area contributed by atoms with E-state index < -0.39 is 12.0 Å². The number of rotatable bonds is 3. The normalized spacial score (nSPS) is 14.6. The van der Waals surface area contributed by atoms with Crippen molar-refractivity contribution in [3.63, 3.8) is 0 Å². The van der Waals surface area contributed by atoms with Crippen molar-refractivity contribution in [1.82, 2.24) is 4.90 Å². The Balaban J connectivity index is 0.000000269. The molecule has 6 nitrogen and oxygen atoms in total. The molecule has 1 aliphatic heterocycles. The van der Waals surface area contributed by atoms with Crippen LogP contribution in [0.3, 0.4) is 0 Å². The molecular formula is C24H32N2O4. The van der Waals surface area contributed by atoms with E-state index in [1.165, 1.54) is 40.3 Å². The van der Waals surface area contributed by atoms with Gasteiger partial charge in [0.1, 0.15) is 5.75 Å². The standard InChI is InChI=1S/C17H25NO2.C7H7NO2/c1-17(2,3)15-6-4-13(5-7-15)12-14-8-10-18(11-9-14)16(19)20;8-7(10)5-1-3-6(9)4-2-5/h4-7,14H,8-12H2,1-3H3,(H,19,20);1-4,9H,(H2,8,10). The summed E-state index contributed by atoms with van der Waals surface area (Å²) < 4.78 is 0. The molecule has 0 saturated carbocycles. The number of nitrogens with two attached hydrogens (primary N) is 1. The number of hydrogen-bond donors (Lipinski definition) is 3. The highest BCUT2D eigenvalue weighted by Gasteiger charge is 2.22. The lowest BCUT2D eigenvalue weighted by Crippen LogP contribution is -2.37. The van der Waals surface area contributed by atoms with Gasteiger partial charge in [0, 0.05) is 18.7 Å². The summed E-state index contributed by atoms with van der Waals surface area (Å²) in [6.07, 6.45) is 2.25. The van der Waals surface area contributed by atoms with E-state index in [0.29, 0.717) is 24.6 Å². The number of phenols is 1. The molecule has 1 heterocycles. The SMILES string of the molecule is CC(C)(C)c1ccc(CC2CCN(C(=O)O)CC2)cc1.NC(=O)c1ccc(O)cc1. The second kappa shape index (κ2) is 10.1. The lowest BCUT2D eigenvalue weighted by atomic mass is 9.85. The van der Waals surface area contributed by atoms with Crippen molar-refractivity contribution < 1.29 is 19.8 Å². The average molecular weight is 413 g/mol. The van der Waals surface area contributed by atoms with E-state index in [0.717, 1.165) is 19.3 Å². The van der Waals surface area contributed by atoms with Gasteiger partial charge in [-0.3, -0.25) is 4.79 Å². The number of carboxylic acid groups (broad SMARTS) is 1. The van der Waals surface area contributed by atoms with Crippen LogP contribution in [-0.2, 0) is 11.8 Å². The summed E-state index contributed by atoms with van der Waals surface area (Å²) in [6, 6.07) is 14.7. The number of nitrogens with zero attached hydrogens (tertiary/aromatic N) is 1. The summed E-state index contributed by atoms with van der Waals surface area (Å²) in [5.41, 5.74) is 8.27. The van der Waals surface area contributed by atoms with Crippen molar-refractivity contribution in [2.45, 2.75) is 45.4 Å². The van der Waals surface area contributed by atoms with E-state index in [2.05, 4.69) is 45.0 Å². The Morgan fingerprint density at radius 3 is 1.97 bits per heavy atom. The number of amides is 2. The Morgan fingerprint density at radius 1 is 1.00 bits per heavy atom. The van der Waals surface area contributed by atoms with Gasteiger partial charge < -0.3 is 20.8 Å². The van der Waals surface area contributed by atoms with Gasteiger partial charge in [0.15, 0.2) is 0 Å². The molecule has 2 aromatic rings. The molecule has 2 amide bonds. The number of carbonyl (C=O) groups is 2. The lowest BCUT2D eigenvalue weighted by molar-refractivity contribution is 0.1000. The van der Waals surface area contributed by atoms with Crippen LogP contribution in [0.5, 0.6) is 5.75 Å². The molecule has 162 valence electrons. The zero-order valence-electron chi connectivity index (χ0n) is 18.0. The Hall–Kier alpha value is -3.02. The van der Waals surface area contributed by atoms with E-state index in [1.54, 1.807) is 0 Å². The second-order valence-electron chi connectivity index (χ2n) is 8.78. The Kier molecular flexibility index (Phi) is 7.86. The maximum absolute atomic E-state index is 10.9. The highest BCUT2D eigenvalue weighted by Crippen LogP contribution is 2.25. The minimum atomic E-state index is -0.780. The fourth-order valence-corrected chi connectivity index (χ4v) is 3.43. The van der Waals surface area contributed by atoms with Crippen LogP contribution in [0.1, 0.15) is 55.1 Å². The Labute approximate surface area is 178 Å². The second-order valence-corrected chi connectivity index (χ2v) is 8.78. The Morgan fingerprint density at radius 2 is 1.53 bits per heavy atom. The molecule has 6 heteroatoms. The molecule has 0 radical (unpaired) electrons. The van der Waals surface area contributed by atoms with E-state index in [-0.39, 0.29) is 11.2 Å². The predicted molar refractivity (Wildman–Crippen MR) is 118 cm³/mol. The number of benzene rings is 2. The van der Waals surface area contributed by atoms with Gasteiger partial charge >= 0.3 is 6.09 Å². The number of phenolic OH excluding ortho intramolecular Hbond substituents is 1. The number of likely N-dealkylation sites (tertiary alicyclic amines) is 1. The first-order chi connectivity index (χ1) is 14.1. The molecule has 0 aromatic heterocycles. The number of hydrogen-bond acceptors (Lipinski definition) is 3. The molecule has 30 heavy (non-hydrogen) atoms. The van der Waals surface area contributed by atoms with E-state index in [4.69, 9.17) is 15.9 Å². The molecule has 0 bridgehead atoms. The number of piperidine rings is 1. The molecular weight excluding hydrogens is 380 g/mol. The van der Waals surface area contributed by atoms with Crippen LogP contribution in [0.25, 0.3) is 0 Å². The minimum absolute atomic E-state index is 0.130. The highest BCUT2D eigenvalue weighted by atomic mass is 16.4. The van der Waals surface area contributed by atoms with Crippen molar-refractivity contribution in [2.24, 2.45) is 11.7 Å². The van der Waals surface area contributed by atoms with Crippen molar-refractivity contribution in [3.05, 3.63) is 65.2 Å². The van der Waals surface area contributed by atoms with Crippen LogP contribution in [0, 0.1) is 5.92 Å². The zero-order valence-corrected chi connectivity index (χ0v) is 18.0. The van der Waals surface area contributed by atoms with Crippen LogP contribution >= 0.6 is 0 Å². The third-order valence-electron chi connectivity index (χ3n) is 5.38. The van der Waals surface area contributed by atoms with Gasteiger partial charge in [-0.25, -0.2) is 4.79 Å². The van der Waals surface area contributed by atoms with Crippen molar-refractivity contribution >= 4 is 12.0 Å². The summed E-state index contributed by atoms with van der Waals surface area (Å²) in [6.45, 7) is 8.04. The summed E-state index contributed by atoms with van der Waals surface area (Å²) in [4.78, 5) is 22.9. The van der Waals surface area contributed by atoms with Crippen LogP contribution in [0.2, 0.25) is 0 Å². The molecule has 0 atom stereocenters. The van der Waals surface area contributed by atoms with E-state index in [1.807, 2.05) is 0 Å². The van der Waals surface area contributed by atoms with E-state index >= 15 is 0 Å². The summed E-state index contributed by atoms with van der Waals surface area (Å²) in [5, 5.41) is 17.7. The maximum Gasteiger partial charge on any atom is 0.407 e. The first-order valence-corrected chi connectivity index (χ1v) is 10.2. The van der Waals surface area contributed by atoms with Gasteiger partial charge in [-0.15, -0.1) is 0 Å². The first-order valence-electron chi connectivity index (χ1n) is 10.2. The molecule has 0 aliphatic carbocycles. The molecule has 1 saturated heterocycles. The van der Waals surface area contributed by atoms with Gasteiger partial charge in [-0.05, 0) is 66.0 Å². The number of carbonyl (C=O) groups excluding carboxylic acids is 1. The molecule has 3 rings (SSSR count). The molecule has 2 aromatic carbocycles. The Bertz CT molecular complexity index is 831. The number of aromatic hydroxyl groups is 1. The largest absolute Gasteiger partial charge is 0.508 e. The van der Waals surface area contributed by atoms with E-state index in [9.17, 15) is 9.59 Å². The van der Waals surface area contributed by atoms with Crippen LogP contribution in [-0.4, -0.2) is 40.2 Å². The highest BCUT2D eigenvalue weighted by molar-refractivity contribution is 5.92. The fourth-order valence-electron chi connectivity index (χ4n) is 3.43. The third kappa shape index (κ3) is 7.10. The topological polar surface area (TPSA) is 104 Å². The monoisotopic (exact) mass is 412 g/mol. The minimum Gasteiger partial charge on any atom is -0.508 e. The number of primary amides is 1. The van der Waals surface area contributed by atoms with Gasteiger partial charge in [0.2, 0.25) is 5.91 Å².